The zero-order valence-electron chi connectivity index (χ0n) is 10.8. The predicted octanol–water partition coefficient (Wildman–Crippen LogP) is 3.55. The molecule has 0 radical (unpaired) electrons. The second kappa shape index (κ2) is 5.36. The minimum Gasteiger partial charge on any atom is -0.494 e. The third-order valence-electron chi connectivity index (χ3n) is 2.63. The zero-order chi connectivity index (χ0) is 14.0. The number of anilines is 2. The van der Waals surface area contributed by atoms with Gasteiger partial charge in [-0.2, -0.15) is 4.37 Å². The molecule has 0 aliphatic heterocycles. The lowest BCUT2D eigenvalue weighted by atomic mass is 10.2. The highest BCUT2D eigenvalue weighted by molar-refractivity contribution is 7.10. The van der Waals surface area contributed by atoms with Crippen LogP contribution in [0.15, 0.2) is 18.2 Å². The molecule has 0 aliphatic rings. The number of hydrogen-bond donors (Lipinski definition) is 1. The molecule has 4 nitrogen and oxygen atoms in total. The molecule has 0 atom stereocenters. The van der Waals surface area contributed by atoms with E-state index in [1.54, 1.807) is 13.0 Å². The molecule has 0 bridgehead atoms. The van der Waals surface area contributed by atoms with E-state index in [1.165, 1.54) is 37.7 Å². The number of carbonyl (C=O) groups excluding carboxylic acids is 1. The fourth-order valence-corrected chi connectivity index (χ4v) is 2.62. The molecule has 1 aromatic carbocycles. The van der Waals surface area contributed by atoms with Gasteiger partial charge < -0.3 is 10.1 Å². The Balaban J connectivity index is 2.39. The Hall–Kier alpha value is -1.95. The van der Waals surface area contributed by atoms with Crippen molar-refractivity contribution in [2.75, 3.05) is 12.4 Å². The van der Waals surface area contributed by atoms with Crippen LogP contribution in [-0.4, -0.2) is 17.3 Å². The highest BCUT2D eigenvalue weighted by atomic mass is 32.1. The summed E-state index contributed by atoms with van der Waals surface area (Å²) in [6.45, 7) is 3.27. The van der Waals surface area contributed by atoms with Gasteiger partial charge in [-0.15, -0.1) is 0 Å². The van der Waals surface area contributed by atoms with Crippen molar-refractivity contribution in [1.29, 1.82) is 0 Å². The highest BCUT2D eigenvalue weighted by Crippen LogP contribution is 2.33. The summed E-state index contributed by atoms with van der Waals surface area (Å²) >= 11 is 1.19. The van der Waals surface area contributed by atoms with Gasteiger partial charge in [0.2, 0.25) is 0 Å². The molecule has 0 unspecified atom stereocenters. The molecule has 1 aromatic heterocycles. The Bertz CT molecular complexity index is 625. The van der Waals surface area contributed by atoms with Crippen LogP contribution in [0.3, 0.4) is 0 Å². The fourth-order valence-electron chi connectivity index (χ4n) is 1.76. The standard InChI is InChI=1S/C13H13FN2O2S/c1-7-12(8(2)17)13(19-16-7)15-10-5-4-9(14)6-11(10)18-3/h4-6,15H,1-3H3. The third kappa shape index (κ3) is 2.73. The molecule has 0 aliphatic carbocycles. The molecule has 100 valence electrons. The lowest BCUT2D eigenvalue weighted by molar-refractivity contribution is 0.101. The van der Waals surface area contributed by atoms with Gasteiger partial charge in [-0.25, -0.2) is 4.39 Å². The fraction of sp³-hybridized carbons (Fsp3) is 0.231. The summed E-state index contributed by atoms with van der Waals surface area (Å²) in [5.41, 5.74) is 1.83. The molecule has 2 rings (SSSR count). The molecule has 6 heteroatoms. The van der Waals surface area contributed by atoms with E-state index in [0.717, 1.165) is 0 Å². The number of ketones is 1. The number of hydrogen-bond acceptors (Lipinski definition) is 5. The number of methoxy groups -OCH3 is 1. The second-order valence-corrected chi connectivity index (χ2v) is 4.77. The lowest BCUT2D eigenvalue weighted by Crippen LogP contribution is -2.00. The Labute approximate surface area is 114 Å². The number of halogens is 1. The van der Waals surface area contributed by atoms with Crippen molar-refractivity contribution in [2.24, 2.45) is 0 Å². The number of benzene rings is 1. The molecule has 0 saturated carbocycles. The number of ether oxygens (including phenoxy) is 1. The number of carbonyl (C=O) groups is 1. The Morgan fingerprint density at radius 3 is 2.84 bits per heavy atom. The maximum Gasteiger partial charge on any atom is 0.164 e. The number of nitrogens with one attached hydrogen (secondary N) is 1. The number of rotatable bonds is 4. The van der Waals surface area contributed by atoms with E-state index >= 15 is 0 Å². The normalized spacial score (nSPS) is 10.3. The smallest absolute Gasteiger partial charge is 0.164 e. The number of nitrogens with zero attached hydrogens (tertiary/aromatic N) is 1. The Kier molecular flexibility index (Phi) is 3.80. The first-order valence-electron chi connectivity index (χ1n) is 5.60. The first kappa shape index (κ1) is 13.5. The SMILES string of the molecule is COc1cc(F)ccc1Nc1snc(C)c1C(C)=O. The molecular weight excluding hydrogens is 267 g/mol. The Morgan fingerprint density at radius 2 is 2.21 bits per heavy atom. The van der Waals surface area contributed by atoms with Crippen molar-refractivity contribution >= 4 is 28.0 Å². The molecule has 0 amide bonds. The summed E-state index contributed by atoms with van der Waals surface area (Å²) in [7, 11) is 1.46. The predicted molar refractivity (Wildman–Crippen MR) is 73.1 cm³/mol. The Morgan fingerprint density at radius 1 is 1.47 bits per heavy atom. The van der Waals surface area contributed by atoms with Gasteiger partial charge in [0.15, 0.2) is 5.78 Å². The van der Waals surface area contributed by atoms with Gasteiger partial charge in [-0.05, 0) is 37.5 Å². The topological polar surface area (TPSA) is 51.2 Å². The minimum absolute atomic E-state index is 0.0603. The largest absolute Gasteiger partial charge is 0.494 e. The maximum absolute atomic E-state index is 13.1. The van der Waals surface area contributed by atoms with Crippen molar-refractivity contribution < 1.29 is 13.9 Å². The van der Waals surface area contributed by atoms with Crippen LogP contribution in [0, 0.1) is 12.7 Å². The molecule has 2 aromatic rings. The van der Waals surface area contributed by atoms with E-state index < -0.39 is 0 Å². The summed E-state index contributed by atoms with van der Waals surface area (Å²) in [4.78, 5) is 11.6. The van der Waals surface area contributed by atoms with Gasteiger partial charge in [0.25, 0.3) is 0 Å². The van der Waals surface area contributed by atoms with Gasteiger partial charge in [0.05, 0.1) is 24.1 Å². The molecular formula is C13H13FN2O2S. The van der Waals surface area contributed by atoms with Crippen molar-refractivity contribution in [3.63, 3.8) is 0 Å². The van der Waals surface area contributed by atoms with E-state index in [9.17, 15) is 9.18 Å². The first-order valence-corrected chi connectivity index (χ1v) is 6.38. The molecule has 1 N–H and O–H groups in total. The number of aromatic nitrogens is 1. The summed E-state index contributed by atoms with van der Waals surface area (Å²) in [6, 6.07) is 4.17. The van der Waals surface area contributed by atoms with Crippen LogP contribution in [-0.2, 0) is 0 Å². The van der Waals surface area contributed by atoms with Crippen molar-refractivity contribution in [3.8, 4) is 5.75 Å². The summed E-state index contributed by atoms with van der Waals surface area (Å²) in [5.74, 6) is -0.0648. The van der Waals surface area contributed by atoms with Gasteiger partial charge in [-0.3, -0.25) is 4.79 Å². The summed E-state index contributed by atoms with van der Waals surface area (Å²) < 4.78 is 22.4. The van der Waals surface area contributed by atoms with Crippen LogP contribution in [0.1, 0.15) is 23.0 Å². The van der Waals surface area contributed by atoms with E-state index in [4.69, 9.17) is 4.74 Å². The lowest BCUT2D eigenvalue weighted by Gasteiger charge is -2.10. The van der Waals surface area contributed by atoms with Crippen LogP contribution in [0.25, 0.3) is 0 Å². The summed E-state index contributed by atoms with van der Waals surface area (Å²) in [6.07, 6.45) is 0. The van der Waals surface area contributed by atoms with Crippen LogP contribution in [0.2, 0.25) is 0 Å². The van der Waals surface area contributed by atoms with Crippen LogP contribution in [0.5, 0.6) is 5.75 Å². The van der Waals surface area contributed by atoms with Gasteiger partial charge in [0.1, 0.15) is 16.6 Å². The summed E-state index contributed by atoms with van der Waals surface area (Å²) in [5, 5.41) is 3.70. The molecule has 1 heterocycles. The third-order valence-corrected chi connectivity index (χ3v) is 3.48. The molecule has 0 saturated heterocycles. The van der Waals surface area contributed by atoms with E-state index in [1.807, 2.05) is 0 Å². The quantitative estimate of drug-likeness (QED) is 0.870. The van der Waals surface area contributed by atoms with Crippen molar-refractivity contribution in [2.45, 2.75) is 13.8 Å². The average molecular weight is 280 g/mol. The van der Waals surface area contributed by atoms with Crippen LogP contribution < -0.4 is 10.1 Å². The zero-order valence-corrected chi connectivity index (χ0v) is 11.6. The average Bonchev–Trinajstić information content (AvgIpc) is 2.72. The molecule has 0 fully saturated rings. The number of Topliss-reactive ketones (excluding diaryl/α,β-unsaturated/α-hetero) is 1. The van der Waals surface area contributed by atoms with Crippen molar-refractivity contribution in [3.05, 3.63) is 35.3 Å². The molecule has 0 spiro atoms. The maximum atomic E-state index is 13.1. The molecule has 19 heavy (non-hydrogen) atoms. The minimum atomic E-state index is -0.380. The second-order valence-electron chi connectivity index (χ2n) is 4.00. The first-order chi connectivity index (χ1) is 9.02. The van der Waals surface area contributed by atoms with Gasteiger partial charge >= 0.3 is 0 Å². The van der Waals surface area contributed by atoms with E-state index in [0.29, 0.717) is 27.7 Å². The van der Waals surface area contributed by atoms with Gasteiger partial charge in [0, 0.05) is 6.07 Å². The number of aryl methyl sites for hydroxylation is 1. The highest BCUT2D eigenvalue weighted by Gasteiger charge is 2.16. The van der Waals surface area contributed by atoms with Crippen molar-refractivity contribution in [1.82, 2.24) is 4.37 Å². The van der Waals surface area contributed by atoms with Gasteiger partial charge in [-0.1, -0.05) is 0 Å². The van der Waals surface area contributed by atoms with Crippen LogP contribution in [0.4, 0.5) is 15.1 Å². The van der Waals surface area contributed by atoms with E-state index in [-0.39, 0.29) is 11.6 Å². The van der Waals surface area contributed by atoms with E-state index in [2.05, 4.69) is 9.69 Å². The monoisotopic (exact) mass is 280 g/mol. The van der Waals surface area contributed by atoms with Crippen LogP contribution >= 0.6 is 11.5 Å².